The number of aliphatic hydroxyl groups is 4. The van der Waals surface area contributed by atoms with Crippen molar-refractivity contribution in [2.75, 3.05) is 6.61 Å². The molecule has 0 heterocycles. The zero-order valence-corrected chi connectivity index (χ0v) is 6.12. The van der Waals surface area contributed by atoms with Crippen LogP contribution in [0.4, 0.5) is 0 Å². The van der Waals surface area contributed by atoms with Crippen LogP contribution in [-0.2, 0) is 9.53 Å². The Labute approximate surface area is 68.3 Å². The van der Waals surface area contributed by atoms with E-state index in [4.69, 9.17) is 20.4 Å². The summed E-state index contributed by atoms with van der Waals surface area (Å²) in [6.45, 7) is -0.709. The molecule has 6 heteroatoms. The Bertz CT molecular complexity index is 165. The summed E-state index contributed by atoms with van der Waals surface area (Å²) in [5.74, 6) is -0.733. The second-order valence-electron chi connectivity index (χ2n) is 1.96. The summed E-state index contributed by atoms with van der Waals surface area (Å²) in [4.78, 5) is 9.82. The molecule has 0 radical (unpaired) electrons. The normalized spacial score (nSPS) is 16.7. The number of ether oxygens (including phenoxy) is 1. The first-order chi connectivity index (χ1) is 5.67. The summed E-state index contributed by atoms with van der Waals surface area (Å²) < 4.78 is 4.18. The van der Waals surface area contributed by atoms with Crippen LogP contribution in [0.25, 0.3) is 0 Å². The second-order valence-corrected chi connectivity index (χ2v) is 1.96. The van der Waals surface area contributed by atoms with Crippen molar-refractivity contribution in [1.82, 2.24) is 0 Å². The molecule has 0 aliphatic rings. The molecule has 12 heavy (non-hydrogen) atoms. The van der Waals surface area contributed by atoms with Gasteiger partial charge in [-0.05, 0) is 0 Å². The Hall–Kier alpha value is -1.27. The smallest absolute Gasteiger partial charge is 0.293 e. The minimum atomic E-state index is -1.46. The summed E-state index contributed by atoms with van der Waals surface area (Å²) in [5, 5.41) is 34.4. The van der Waals surface area contributed by atoms with E-state index in [1.54, 1.807) is 0 Å². The largest absolute Gasteiger partial charge is 0.512 e. The van der Waals surface area contributed by atoms with Crippen molar-refractivity contribution in [2.24, 2.45) is 0 Å². The molecule has 0 bridgehead atoms. The Morgan fingerprint density at radius 3 is 2.50 bits per heavy atom. The number of hydrogen-bond acceptors (Lipinski definition) is 6. The molecule has 0 aromatic carbocycles. The van der Waals surface area contributed by atoms with Gasteiger partial charge in [0.05, 0.1) is 6.61 Å². The van der Waals surface area contributed by atoms with Crippen LogP contribution in [0.15, 0.2) is 12.0 Å². The summed E-state index contributed by atoms with van der Waals surface area (Å²) >= 11 is 0. The summed E-state index contributed by atoms with van der Waals surface area (Å²) in [6.07, 6.45) is -2.62. The highest BCUT2D eigenvalue weighted by molar-refractivity contribution is 5.38. The van der Waals surface area contributed by atoms with E-state index in [9.17, 15) is 4.79 Å². The quantitative estimate of drug-likeness (QED) is 0.312. The van der Waals surface area contributed by atoms with Gasteiger partial charge in [0.15, 0.2) is 11.9 Å². The highest BCUT2D eigenvalue weighted by atomic mass is 16.5. The van der Waals surface area contributed by atoms with E-state index >= 15 is 0 Å². The molecule has 0 aromatic heterocycles. The number of rotatable bonds is 5. The van der Waals surface area contributed by atoms with E-state index in [-0.39, 0.29) is 12.7 Å². The lowest BCUT2D eigenvalue weighted by Crippen LogP contribution is -2.33. The number of hydrogen-bond donors (Lipinski definition) is 4. The standard InChI is InChI=1S/C6H10O6/c7-1-4(10)6(12-3-9)5(11)2-8/h1,3,5-8,10-11H,2H2/b4-1-/t5-,6-/m0/s1. The first kappa shape index (κ1) is 10.7. The third-order valence-corrected chi connectivity index (χ3v) is 1.16. The van der Waals surface area contributed by atoms with Crippen LogP contribution < -0.4 is 0 Å². The van der Waals surface area contributed by atoms with E-state index in [0.29, 0.717) is 0 Å². The van der Waals surface area contributed by atoms with E-state index in [0.717, 1.165) is 0 Å². The van der Waals surface area contributed by atoms with Crippen molar-refractivity contribution >= 4 is 6.47 Å². The van der Waals surface area contributed by atoms with Gasteiger partial charge >= 0.3 is 0 Å². The third-order valence-electron chi connectivity index (χ3n) is 1.16. The molecule has 0 saturated heterocycles. The van der Waals surface area contributed by atoms with Crippen molar-refractivity contribution in [2.45, 2.75) is 12.2 Å². The Kier molecular flexibility index (Phi) is 4.82. The highest BCUT2D eigenvalue weighted by Crippen LogP contribution is 2.06. The molecule has 0 fully saturated rings. The average molecular weight is 178 g/mol. The van der Waals surface area contributed by atoms with Crippen molar-refractivity contribution in [1.29, 1.82) is 0 Å². The van der Waals surface area contributed by atoms with Crippen molar-refractivity contribution in [3.05, 3.63) is 12.0 Å². The lowest BCUT2D eigenvalue weighted by Gasteiger charge is -2.17. The molecule has 0 aliphatic heterocycles. The fourth-order valence-electron chi connectivity index (χ4n) is 0.587. The molecular formula is C6H10O6. The van der Waals surface area contributed by atoms with E-state index in [2.05, 4.69) is 4.74 Å². The maximum atomic E-state index is 9.82. The van der Waals surface area contributed by atoms with Crippen LogP contribution in [-0.4, -0.2) is 45.7 Å². The minimum Gasteiger partial charge on any atom is -0.512 e. The molecule has 0 amide bonds. The van der Waals surface area contributed by atoms with Gasteiger partial charge < -0.3 is 25.2 Å². The number of carbonyl (C=O) groups excluding carboxylic acids is 1. The molecule has 70 valence electrons. The summed E-state index contributed by atoms with van der Waals surface area (Å²) in [5.41, 5.74) is 0. The van der Waals surface area contributed by atoms with Crippen LogP contribution in [0.2, 0.25) is 0 Å². The summed E-state index contributed by atoms with van der Waals surface area (Å²) in [7, 11) is 0. The minimum absolute atomic E-state index is 0.0106. The molecule has 0 spiro atoms. The van der Waals surface area contributed by atoms with Crippen LogP contribution in [0.3, 0.4) is 0 Å². The van der Waals surface area contributed by atoms with Gasteiger partial charge in [0.25, 0.3) is 6.47 Å². The molecule has 0 unspecified atom stereocenters. The average Bonchev–Trinajstić information content (AvgIpc) is 2.11. The van der Waals surface area contributed by atoms with Gasteiger partial charge in [-0.15, -0.1) is 0 Å². The van der Waals surface area contributed by atoms with Crippen molar-refractivity contribution in [3.8, 4) is 0 Å². The first-order valence-corrected chi connectivity index (χ1v) is 3.08. The topological polar surface area (TPSA) is 107 Å². The van der Waals surface area contributed by atoms with Crippen LogP contribution in [0, 0.1) is 0 Å². The summed E-state index contributed by atoms with van der Waals surface area (Å²) in [6, 6.07) is 0. The molecule has 0 rings (SSSR count). The van der Waals surface area contributed by atoms with Crippen LogP contribution in [0.1, 0.15) is 0 Å². The van der Waals surface area contributed by atoms with Gasteiger partial charge in [-0.25, -0.2) is 0 Å². The zero-order chi connectivity index (χ0) is 9.56. The van der Waals surface area contributed by atoms with E-state index < -0.39 is 24.6 Å². The Morgan fingerprint density at radius 1 is 1.58 bits per heavy atom. The fourth-order valence-corrected chi connectivity index (χ4v) is 0.587. The maximum absolute atomic E-state index is 9.82. The predicted octanol–water partition coefficient (Wildman–Crippen LogP) is -1.16. The lowest BCUT2D eigenvalue weighted by atomic mass is 10.2. The van der Waals surface area contributed by atoms with Crippen LogP contribution in [0.5, 0.6) is 0 Å². The molecule has 0 saturated carbocycles. The van der Waals surface area contributed by atoms with Crippen LogP contribution >= 0.6 is 0 Å². The van der Waals surface area contributed by atoms with Gasteiger partial charge in [-0.2, -0.15) is 0 Å². The van der Waals surface area contributed by atoms with Crippen molar-refractivity contribution < 1.29 is 30.0 Å². The fraction of sp³-hybridized carbons (Fsp3) is 0.500. The van der Waals surface area contributed by atoms with Gasteiger partial charge in [-0.3, -0.25) is 4.79 Å². The van der Waals surface area contributed by atoms with E-state index in [1.807, 2.05) is 0 Å². The number of carbonyl (C=O) groups is 1. The third kappa shape index (κ3) is 2.77. The van der Waals surface area contributed by atoms with Gasteiger partial charge in [-0.1, -0.05) is 0 Å². The molecule has 4 N–H and O–H groups in total. The molecule has 2 atom stereocenters. The maximum Gasteiger partial charge on any atom is 0.293 e. The van der Waals surface area contributed by atoms with Gasteiger partial charge in [0, 0.05) is 0 Å². The Morgan fingerprint density at radius 2 is 2.17 bits per heavy atom. The first-order valence-electron chi connectivity index (χ1n) is 3.08. The Balaban J connectivity index is 4.31. The highest BCUT2D eigenvalue weighted by Gasteiger charge is 2.24. The molecule has 6 nitrogen and oxygen atoms in total. The predicted molar refractivity (Wildman–Crippen MR) is 37.4 cm³/mol. The SMILES string of the molecule is O=CO[C@@H](/C(O)=C/O)[C@@H](O)CO. The van der Waals surface area contributed by atoms with E-state index in [1.165, 1.54) is 0 Å². The lowest BCUT2D eigenvalue weighted by molar-refractivity contribution is -0.140. The van der Waals surface area contributed by atoms with Gasteiger partial charge in [0.2, 0.25) is 0 Å². The monoisotopic (exact) mass is 178 g/mol. The molecular weight excluding hydrogens is 168 g/mol. The molecule has 0 aliphatic carbocycles. The zero-order valence-electron chi connectivity index (χ0n) is 6.12. The number of aliphatic hydroxyl groups excluding tert-OH is 4. The second kappa shape index (κ2) is 5.39. The van der Waals surface area contributed by atoms with Gasteiger partial charge in [0.1, 0.15) is 12.4 Å². The molecule has 0 aromatic rings. The van der Waals surface area contributed by atoms with Crippen molar-refractivity contribution in [3.63, 3.8) is 0 Å².